The number of carbonyl (C=O) groups excluding carboxylic acids is 1. The fraction of sp³-hybridized carbons (Fsp3) is 0.333. The minimum absolute atomic E-state index is 0.164. The molecule has 1 heterocycles. The number of nitrogens with zero attached hydrogens (tertiary/aromatic N) is 1. The molecule has 0 fully saturated rings. The Hall–Kier alpha value is -1.58. The number of nitrogens with one attached hydrogen (secondary N) is 2. The lowest BCUT2D eigenvalue weighted by molar-refractivity contribution is 0.0958. The molecule has 0 radical (unpaired) electrons. The van der Waals surface area contributed by atoms with E-state index in [0.29, 0.717) is 5.69 Å². The van der Waals surface area contributed by atoms with Gasteiger partial charge in [-0.05, 0) is 19.1 Å². The van der Waals surface area contributed by atoms with E-state index >= 15 is 0 Å². The Bertz CT molecular complexity index is 281. The average Bonchev–Trinajstić information content (AvgIpc) is 2.18. The lowest BCUT2D eigenvalue weighted by Gasteiger charge is -2.02. The molecule has 4 heteroatoms. The van der Waals surface area contributed by atoms with E-state index in [4.69, 9.17) is 0 Å². The fourth-order valence-corrected chi connectivity index (χ4v) is 0.965. The molecule has 1 amide bonds. The predicted octanol–water partition coefficient (Wildman–Crippen LogP) is 0.873. The van der Waals surface area contributed by atoms with Crippen molar-refractivity contribution in [1.82, 2.24) is 10.3 Å². The second-order valence-corrected chi connectivity index (χ2v) is 2.54. The Morgan fingerprint density at radius 1 is 1.54 bits per heavy atom. The minimum Gasteiger partial charge on any atom is -0.384 e. The van der Waals surface area contributed by atoms with E-state index in [0.717, 1.165) is 12.2 Å². The van der Waals surface area contributed by atoms with Gasteiger partial charge < -0.3 is 10.6 Å². The second-order valence-electron chi connectivity index (χ2n) is 2.54. The molecule has 1 aromatic heterocycles. The van der Waals surface area contributed by atoms with E-state index < -0.39 is 0 Å². The summed E-state index contributed by atoms with van der Waals surface area (Å²) in [5.41, 5.74) is 1.36. The molecule has 70 valence electrons. The third-order valence-electron chi connectivity index (χ3n) is 1.60. The maximum absolute atomic E-state index is 11.1. The summed E-state index contributed by atoms with van der Waals surface area (Å²) in [5, 5.41) is 5.61. The van der Waals surface area contributed by atoms with Crippen molar-refractivity contribution in [2.45, 2.75) is 6.92 Å². The highest BCUT2D eigenvalue weighted by molar-refractivity contribution is 5.92. The third-order valence-corrected chi connectivity index (χ3v) is 1.60. The molecule has 1 aromatic rings. The molecular formula is C9H13N3O. The van der Waals surface area contributed by atoms with Crippen LogP contribution in [0.2, 0.25) is 0 Å². The first-order chi connectivity index (χ1) is 6.27. The normalized spacial score (nSPS) is 9.38. The zero-order chi connectivity index (χ0) is 9.68. The van der Waals surface area contributed by atoms with Gasteiger partial charge in [-0.2, -0.15) is 0 Å². The van der Waals surface area contributed by atoms with E-state index in [9.17, 15) is 4.79 Å². The first-order valence-electron chi connectivity index (χ1n) is 4.20. The third kappa shape index (κ3) is 2.43. The van der Waals surface area contributed by atoms with E-state index in [1.807, 2.05) is 13.0 Å². The summed E-state index contributed by atoms with van der Waals surface area (Å²) in [4.78, 5) is 15.1. The predicted molar refractivity (Wildman–Crippen MR) is 51.8 cm³/mol. The number of hydrogen-bond acceptors (Lipinski definition) is 3. The molecule has 2 N–H and O–H groups in total. The van der Waals surface area contributed by atoms with Crippen molar-refractivity contribution in [1.29, 1.82) is 0 Å². The summed E-state index contributed by atoms with van der Waals surface area (Å²) >= 11 is 0. The van der Waals surface area contributed by atoms with Crippen LogP contribution >= 0.6 is 0 Å². The average molecular weight is 179 g/mol. The first kappa shape index (κ1) is 9.51. The number of pyridine rings is 1. The molecule has 0 bridgehead atoms. The molecule has 0 saturated heterocycles. The summed E-state index contributed by atoms with van der Waals surface area (Å²) in [6.45, 7) is 2.85. The van der Waals surface area contributed by atoms with Gasteiger partial charge in [0, 0.05) is 13.6 Å². The van der Waals surface area contributed by atoms with Gasteiger partial charge in [0.05, 0.1) is 11.9 Å². The molecule has 0 saturated carbocycles. The molecule has 4 nitrogen and oxygen atoms in total. The lowest BCUT2D eigenvalue weighted by atomic mass is 10.3. The molecule has 0 spiro atoms. The number of rotatable bonds is 3. The molecule has 0 unspecified atom stereocenters. The highest BCUT2D eigenvalue weighted by Gasteiger charge is 2.02. The van der Waals surface area contributed by atoms with Gasteiger partial charge in [0.1, 0.15) is 5.69 Å². The van der Waals surface area contributed by atoms with Crippen molar-refractivity contribution in [2.75, 3.05) is 18.9 Å². The van der Waals surface area contributed by atoms with Crippen molar-refractivity contribution in [3.05, 3.63) is 24.0 Å². The summed E-state index contributed by atoms with van der Waals surface area (Å²) in [5.74, 6) is -0.164. The highest BCUT2D eigenvalue weighted by atomic mass is 16.1. The SMILES string of the molecule is CCNc1ccc(C(=O)NC)nc1. The van der Waals surface area contributed by atoms with Crippen LogP contribution in [0.5, 0.6) is 0 Å². The lowest BCUT2D eigenvalue weighted by Crippen LogP contribution is -2.19. The van der Waals surface area contributed by atoms with Crippen molar-refractivity contribution in [2.24, 2.45) is 0 Å². The topological polar surface area (TPSA) is 54.0 Å². The Kier molecular flexibility index (Phi) is 3.25. The van der Waals surface area contributed by atoms with E-state index in [1.54, 1.807) is 19.3 Å². The maximum Gasteiger partial charge on any atom is 0.269 e. The van der Waals surface area contributed by atoms with Crippen molar-refractivity contribution < 1.29 is 4.79 Å². The van der Waals surface area contributed by atoms with Crippen LogP contribution < -0.4 is 10.6 Å². The molecule has 0 aliphatic carbocycles. The minimum atomic E-state index is -0.164. The molecular weight excluding hydrogens is 166 g/mol. The van der Waals surface area contributed by atoms with Gasteiger partial charge in [0.15, 0.2) is 0 Å². The van der Waals surface area contributed by atoms with Gasteiger partial charge in [0.2, 0.25) is 0 Å². The molecule has 0 aromatic carbocycles. The quantitative estimate of drug-likeness (QED) is 0.724. The van der Waals surface area contributed by atoms with Gasteiger partial charge >= 0.3 is 0 Å². The van der Waals surface area contributed by atoms with Crippen LogP contribution in [0.4, 0.5) is 5.69 Å². The molecule has 13 heavy (non-hydrogen) atoms. The van der Waals surface area contributed by atoms with Crippen molar-refractivity contribution >= 4 is 11.6 Å². The summed E-state index contributed by atoms with van der Waals surface area (Å²) < 4.78 is 0. The van der Waals surface area contributed by atoms with Crippen LogP contribution in [-0.2, 0) is 0 Å². The first-order valence-corrected chi connectivity index (χ1v) is 4.20. The Labute approximate surface area is 77.4 Å². The zero-order valence-electron chi connectivity index (χ0n) is 7.79. The van der Waals surface area contributed by atoms with E-state index in [2.05, 4.69) is 15.6 Å². The van der Waals surface area contributed by atoms with Gasteiger partial charge in [-0.15, -0.1) is 0 Å². The fourth-order valence-electron chi connectivity index (χ4n) is 0.965. The summed E-state index contributed by atoms with van der Waals surface area (Å²) in [6.07, 6.45) is 1.65. The van der Waals surface area contributed by atoms with Crippen LogP contribution in [0.15, 0.2) is 18.3 Å². The maximum atomic E-state index is 11.1. The van der Waals surface area contributed by atoms with Crippen molar-refractivity contribution in [3.8, 4) is 0 Å². The monoisotopic (exact) mass is 179 g/mol. The Morgan fingerprint density at radius 3 is 2.77 bits per heavy atom. The van der Waals surface area contributed by atoms with Gasteiger partial charge in [0.25, 0.3) is 5.91 Å². The number of aromatic nitrogens is 1. The Balaban J connectivity index is 2.75. The molecule has 0 aliphatic rings. The standard InChI is InChI=1S/C9H13N3O/c1-3-11-7-4-5-8(12-6-7)9(13)10-2/h4-6,11H,3H2,1-2H3,(H,10,13). The highest BCUT2D eigenvalue weighted by Crippen LogP contribution is 2.04. The van der Waals surface area contributed by atoms with Crippen LogP contribution in [0.1, 0.15) is 17.4 Å². The smallest absolute Gasteiger partial charge is 0.269 e. The summed E-state index contributed by atoms with van der Waals surface area (Å²) in [6, 6.07) is 3.53. The summed E-state index contributed by atoms with van der Waals surface area (Å²) in [7, 11) is 1.59. The van der Waals surface area contributed by atoms with Crippen molar-refractivity contribution in [3.63, 3.8) is 0 Å². The van der Waals surface area contributed by atoms with E-state index in [1.165, 1.54) is 0 Å². The Morgan fingerprint density at radius 2 is 2.31 bits per heavy atom. The molecule has 1 rings (SSSR count). The largest absolute Gasteiger partial charge is 0.384 e. The molecule has 0 aliphatic heterocycles. The van der Waals surface area contributed by atoms with Gasteiger partial charge in [-0.25, -0.2) is 4.98 Å². The molecule has 0 atom stereocenters. The van der Waals surface area contributed by atoms with Crippen LogP contribution in [0.3, 0.4) is 0 Å². The second kappa shape index (κ2) is 4.45. The zero-order valence-corrected chi connectivity index (χ0v) is 7.79. The van der Waals surface area contributed by atoms with Crippen LogP contribution in [0.25, 0.3) is 0 Å². The van der Waals surface area contributed by atoms with Gasteiger partial charge in [-0.1, -0.05) is 0 Å². The van der Waals surface area contributed by atoms with Gasteiger partial charge in [-0.3, -0.25) is 4.79 Å². The van der Waals surface area contributed by atoms with Crippen LogP contribution in [-0.4, -0.2) is 24.5 Å². The number of anilines is 1. The van der Waals surface area contributed by atoms with Crippen LogP contribution in [0, 0.1) is 0 Å². The van der Waals surface area contributed by atoms with E-state index in [-0.39, 0.29) is 5.91 Å². The number of carbonyl (C=O) groups is 1. The number of amides is 1. The number of hydrogen-bond donors (Lipinski definition) is 2.